The molecule has 0 radical (unpaired) electrons. The highest BCUT2D eigenvalue weighted by molar-refractivity contribution is 5.96. The molecule has 3 N–H and O–H groups in total. The first-order valence-corrected chi connectivity index (χ1v) is 6.15. The molecule has 2 rings (SSSR count). The Morgan fingerprint density at radius 1 is 1.47 bits per heavy atom. The van der Waals surface area contributed by atoms with E-state index in [4.69, 9.17) is 5.73 Å². The maximum Gasteiger partial charge on any atom is 0.251 e. The first kappa shape index (κ1) is 13.1. The lowest BCUT2D eigenvalue weighted by molar-refractivity contribution is 0.0952. The monoisotopic (exact) mass is 259 g/mol. The number of aryl methyl sites for hydroxylation is 2. The van der Waals surface area contributed by atoms with E-state index in [0.717, 1.165) is 18.5 Å². The summed E-state index contributed by atoms with van der Waals surface area (Å²) in [5, 5.41) is 10.4. The summed E-state index contributed by atoms with van der Waals surface area (Å²) in [6.07, 6.45) is 4.23. The molecule has 0 aliphatic rings. The van der Waals surface area contributed by atoms with Gasteiger partial charge in [-0.05, 0) is 31.0 Å². The molecular formula is C13H17N5O. The fraction of sp³-hybridized carbons (Fsp3) is 0.308. The molecule has 100 valence electrons. The van der Waals surface area contributed by atoms with E-state index < -0.39 is 0 Å². The Labute approximate surface area is 111 Å². The van der Waals surface area contributed by atoms with Gasteiger partial charge in [0.2, 0.25) is 0 Å². The topological polar surface area (TPSA) is 85.8 Å². The zero-order valence-electron chi connectivity index (χ0n) is 10.8. The van der Waals surface area contributed by atoms with Crippen LogP contribution in [0.2, 0.25) is 0 Å². The van der Waals surface area contributed by atoms with Crippen LogP contribution in [0, 0.1) is 6.92 Å². The number of carbonyl (C=O) groups is 1. The van der Waals surface area contributed by atoms with Crippen molar-refractivity contribution in [3.05, 3.63) is 41.7 Å². The molecular weight excluding hydrogens is 242 g/mol. The number of aromatic nitrogens is 3. The minimum Gasteiger partial charge on any atom is -0.399 e. The molecule has 1 aromatic heterocycles. The lowest BCUT2D eigenvalue weighted by Crippen LogP contribution is -2.26. The third-order valence-corrected chi connectivity index (χ3v) is 2.83. The van der Waals surface area contributed by atoms with Crippen LogP contribution >= 0.6 is 0 Å². The van der Waals surface area contributed by atoms with E-state index in [1.807, 2.05) is 13.0 Å². The molecule has 6 heteroatoms. The number of rotatable bonds is 5. The van der Waals surface area contributed by atoms with Crippen LogP contribution in [0.5, 0.6) is 0 Å². The molecule has 1 amide bonds. The molecule has 0 saturated heterocycles. The van der Waals surface area contributed by atoms with E-state index >= 15 is 0 Å². The summed E-state index contributed by atoms with van der Waals surface area (Å²) in [5.41, 5.74) is 7.83. The highest BCUT2D eigenvalue weighted by atomic mass is 16.1. The van der Waals surface area contributed by atoms with Gasteiger partial charge < -0.3 is 11.1 Å². The largest absolute Gasteiger partial charge is 0.399 e. The Morgan fingerprint density at radius 3 is 3.05 bits per heavy atom. The quantitative estimate of drug-likeness (QED) is 0.619. The summed E-state index contributed by atoms with van der Waals surface area (Å²) in [7, 11) is 0. The maximum atomic E-state index is 12.0. The first-order chi connectivity index (χ1) is 9.16. The van der Waals surface area contributed by atoms with Gasteiger partial charge in [-0.2, -0.15) is 0 Å². The van der Waals surface area contributed by atoms with Gasteiger partial charge in [0.25, 0.3) is 5.91 Å². The van der Waals surface area contributed by atoms with E-state index in [2.05, 4.69) is 15.6 Å². The first-order valence-electron chi connectivity index (χ1n) is 6.15. The zero-order chi connectivity index (χ0) is 13.7. The fourth-order valence-electron chi connectivity index (χ4n) is 1.77. The summed E-state index contributed by atoms with van der Waals surface area (Å²) in [6.45, 7) is 3.22. The normalized spacial score (nSPS) is 10.4. The van der Waals surface area contributed by atoms with Gasteiger partial charge in [-0.25, -0.2) is 0 Å². The smallest absolute Gasteiger partial charge is 0.251 e. The van der Waals surface area contributed by atoms with Crippen LogP contribution in [0.4, 0.5) is 5.69 Å². The minimum atomic E-state index is -0.0941. The second-order valence-electron chi connectivity index (χ2n) is 4.35. The molecule has 0 unspecified atom stereocenters. The van der Waals surface area contributed by atoms with E-state index in [0.29, 0.717) is 17.8 Å². The summed E-state index contributed by atoms with van der Waals surface area (Å²) in [5.74, 6) is -0.0941. The molecule has 6 nitrogen and oxygen atoms in total. The molecule has 0 bridgehead atoms. The van der Waals surface area contributed by atoms with Crippen molar-refractivity contribution >= 4 is 11.6 Å². The highest BCUT2D eigenvalue weighted by Crippen LogP contribution is 2.12. The summed E-state index contributed by atoms with van der Waals surface area (Å²) < 4.78 is 1.73. The average molecular weight is 259 g/mol. The molecule has 0 aliphatic carbocycles. The summed E-state index contributed by atoms with van der Waals surface area (Å²) in [6, 6.07) is 5.33. The Morgan fingerprint density at radius 2 is 2.32 bits per heavy atom. The molecule has 2 aromatic rings. The molecule has 19 heavy (non-hydrogen) atoms. The SMILES string of the molecule is Cc1ccc(N)cc1C(=O)NCCCn1ccnn1. The van der Waals surface area contributed by atoms with Gasteiger partial charge in [0.15, 0.2) is 0 Å². The van der Waals surface area contributed by atoms with Crippen molar-refractivity contribution in [3.8, 4) is 0 Å². The van der Waals surface area contributed by atoms with Crippen molar-refractivity contribution in [2.24, 2.45) is 0 Å². The van der Waals surface area contributed by atoms with Crippen LogP contribution in [0.1, 0.15) is 22.3 Å². The Kier molecular flexibility index (Phi) is 4.12. The molecule has 1 aromatic carbocycles. The van der Waals surface area contributed by atoms with E-state index in [9.17, 15) is 4.79 Å². The molecule has 1 heterocycles. The van der Waals surface area contributed by atoms with Crippen molar-refractivity contribution < 1.29 is 4.79 Å². The van der Waals surface area contributed by atoms with Crippen molar-refractivity contribution in [1.82, 2.24) is 20.3 Å². The fourth-order valence-corrected chi connectivity index (χ4v) is 1.77. The predicted octanol–water partition coefficient (Wildman–Crippen LogP) is 0.989. The van der Waals surface area contributed by atoms with Gasteiger partial charge in [0, 0.05) is 30.5 Å². The number of nitrogens with two attached hydrogens (primary N) is 1. The second kappa shape index (κ2) is 5.99. The number of hydrogen-bond donors (Lipinski definition) is 2. The van der Waals surface area contributed by atoms with E-state index in [-0.39, 0.29) is 5.91 Å². The number of nitrogen functional groups attached to an aromatic ring is 1. The molecule has 0 atom stereocenters. The Hall–Kier alpha value is -2.37. The number of hydrogen-bond acceptors (Lipinski definition) is 4. The van der Waals surface area contributed by atoms with Gasteiger partial charge in [-0.15, -0.1) is 5.10 Å². The number of nitrogens with zero attached hydrogens (tertiary/aromatic N) is 3. The molecule has 0 saturated carbocycles. The molecule has 0 fully saturated rings. The number of benzene rings is 1. The van der Waals surface area contributed by atoms with Crippen LogP contribution in [-0.2, 0) is 6.54 Å². The van der Waals surface area contributed by atoms with Crippen molar-refractivity contribution in [1.29, 1.82) is 0 Å². The number of anilines is 1. The number of nitrogens with one attached hydrogen (secondary N) is 1. The van der Waals surface area contributed by atoms with Gasteiger partial charge >= 0.3 is 0 Å². The van der Waals surface area contributed by atoms with Gasteiger partial charge in [-0.1, -0.05) is 11.3 Å². The van der Waals surface area contributed by atoms with Crippen LogP contribution in [0.15, 0.2) is 30.6 Å². The van der Waals surface area contributed by atoms with Gasteiger partial charge in [0.05, 0.1) is 6.20 Å². The Balaban J connectivity index is 1.82. The molecule has 0 aliphatic heterocycles. The lowest BCUT2D eigenvalue weighted by Gasteiger charge is -2.08. The minimum absolute atomic E-state index is 0.0941. The van der Waals surface area contributed by atoms with E-state index in [1.165, 1.54) is 0 Å². The van der Waals surface area contributed by atoms with Crippen LogP contribution in [0.3, 0.4) is 0 Å². The van der Waals surface area contributed by atoms with Crippen molar-refractivity contribution in [3.63, 3.8) is 0 Å². The second-order valence-corrected chi connectivity index (χ2v) is 4.35. The van der Waals surface area contributed by atoms with Crippen LogP contribution in [-0.4, -0.2) is 27.4 Å². The zero-order valence-corrected chi connectivity index (χ0v) is 10.8. The standard InChI is InChI=1S/C13H17N5O/c1-10-3-4-11(14)9-12(10)13(19)15-5-2-7-18-8-6-16-17-18/h3-4,6,8-9H,2,5,7,14H2,1H3,(H,15,19). The van der Waals surface area contributed by atoms with Crippen LogP contribution < -0.4 is 11.1 Å². The number of amides is 1. The third kappa shape index (κ3) is 3.54. The molecule has 0 spiro atoms. The maximum absolute atomic E-state index is 12.0. The third-order valence-electron chi connectivity index (χ3n) is 2.83. The number of carbonyl (C=O) groups excluding carboxylic acids is 1. The summed E-state index contributed by atoms with van der Waals surface area (Å²) in [4.78, 5) is 12.0. The highest BCUT2D eigenvalue weighted by Gasteiger charge is 2.08. The Bertz CT molecular complexity index is 550. The summed E-state index contributed by atoms with van der Waals surface area (Å²) >= 11 is 0. The van der Waals surface area contributed by atoms with Crippen LogP contribution in [0.25, 0.3) is 0 Å². The van der Waals surface area contributed by atoms with E-state index in [1.54, 1.807) is 29.2 Å². The van der Waals surface area contributed by atoms with Gasteiger partial charge in [0.1, 0.15) is 0 Å². The lowest BCUT2D eigenvalue weighted by atomic mass is 10.1. The van der Waals surface area contributed by atoms with Crippen molar-refractivity contribution in [2.75, 3.05) is 12.3 Å². The average Bonchev–Trinajstić information content (AvgIpc) is 2.90. The van der Waals surface area contributed by atoms with Crippen molar-refractivity contribution in [2.45, 2.75) is 19.9 Å². The predicted molar refractivity (Wildman–Crippen MR) is 72.6 cm³/mol. The van der Waals surface area contributed by atoms with Gasteiger partial charge in [-0.3, -0.25) is 9.48 Å².